The second-order valence-electron chi connectivity index (χ2n) is 3.91. The highest BCUT2D eigenvalue weighted by Crippen LogP contribution is 2.30. The number of ether oxygens (including phenoxy) is 1. The predicted molar refractivity (Wildman–Crippen MR) is 71.7 cm³/mol. The maximum atomic E-state index is 10.9. The molecule has 0 fully saturated rings. The number of nitro benzene ring substituents is 1. The molecule has 1 aromatic heterocycles. The van der Waals surface area contributed by atoms with Gasteiger partial charge in [0.25, 0.3) is 5.69 Å². The lowest BCUT2D eigenvalue weighted by Crippen LogP contribution is -1.95. The Morgan fingerprint density at radius 3 is 2.79 bits per heavy atom. The van der Waals surface area contributed by atoms with E-state index in [1.54, 1.807) is 31.4 Å². The lowest BCUT2D eigenvalue weighted by Gasteiger charge is -2.09. The van der Waals surface area contributed by atoms with Crippen molar-refractivity contribution in [1.82, 2.24) is 4.98 Å². The molecule has 2 aromatic rings. The number of anilines is 1. The molecule has 0 saturated heterocycles. The summed E-state index contributed by atoms with van der Waals surface area (Å²) in [6.07, 6.45) is 1.66. The van der Waals surface area contributed by atoms with Gasteiger partial charge in [-0.1, -0.05) is 0 Å². The van der Waals surface area contributed by atoms with Crippen LogP contribution in [0.4, 0.5) is 11.4 Å². The molecule has 0 radical (unpaired) electrons. The van der Waals surface area contributed by atoms with E-state index >= 15 is 0 Å². The molecular formula is C13H13N3O3. The fraction of sp³-hybridized carbons (Fsp3) is 0.154. The summed E-state index contributed by atoms with van der Waals surface area (Å²) in [6.45, 7) is 1.81. The minimum atomic E-state index is -0.455. The van der Waals surface area contributed by atoms with E-state index in [0.717, 1.165) is 5.69 Å². The number of nitrogens with one attached hydrogen (secondary N) is 1. The van der Waals surface area contributed by atoms with Gasteiger partial charge in [0.2, 0.25) is 0 Å². The number of pyridine rings is 1. The zero-order valence-electron chi connectivity index (χ0n) is 10.6. The zero-order valence-corrected chi connectivity index (χ0v) is 10.6. The zero-order chi connectivity index (χ0) is 13.8. The Bertz CT molecular complexity index is 614. The van der Waals surface area contributed by atoms with Gasteiger partial charge in [0.1, 0.15) is 11.5 Å². The van der Waals surface area contributed by atoms with Crippen molar-refractivity contribution in [3.63, 3.8) is 0 Å². The molecule has 6 nitrogen and oxygen atoms in total. The highest BCUT2D eigenvalue weighted by atomic mass is 16.6. The number of rotatable bonds is 4. The molecule has 0 bridgehead atoms. The van der Waals surface area contributed by atoms with Crippen molar-refractivity contribution in [2.45, 2.75) is 6.92 Å². The molecule has 98 valence electrons. The minimum Gasteiger partial charge on any atom is -0.455 e. The van der Waals surface area contributed by atoms with Crippen molar-refractivity contribution >= 4 is 11.4 Å². The third-order valence-electron chi connectivity index (χ3n) is 2.58. The standard InChI is InChI=1S/C13H13N3O3/c1-9-13(4-3-5-15-9)19-12-7-10(14-2)6-11(8-12)16(17)18/h3-8,14H,1-2H3. The van der Waals surface area contributed by atoms with Gasteiger partial charge in [-0.05, 0) is 19.1 Å². The molecule has 2 rings (SSSR count). The first kappa shape index (κ1) is 12.8. The number of nitro groups is 1. The van der Waals surface area contributed by atoms with Crippen LogP contribution in [-0.2, 0) is 0 Å². The van der Waals surface area contributed by atoms with Crippen molar-refractivity contribution < 1.29 is 9.66 Å². The average Bonchev–Trinajstić information content (AvgIpc) is 2.41. The molecule has 0 aliphatic rings. The molecule has 0 aliphatic carbocycles. The summed E-state index contributed by atoms with van der Waals surface area (Å²) in [5, 5.41) is 13.7. The van der Waals surface area contributed by atoms with Crippen molar-refractivity contribution in [2.24, 2.45) is 0 Å². The maximum absolute atomic E-state index is 10.9. The van der Waals surface area contributed by atoms with Crippen LogP contribution >= 0.6 is 0 Å². The molecule has 0 spiro atoms. The number of hydrogen-bond acceptors (Lipinski definition) is 5. The van der Waals surface area contributed by atoms with Gasteiger partial charge in [-0.3, -0.25) is 15.1 Å². The number of aromatic nitrogens is 1. The molecular weight excluding hydrogens is 246 g/mol. The van der Waals surface area contributed by atoms with Gasteiger partial charge in [0.15, 0.2) is 0 Å². The molecule has 1 N–H and O–H groups in total. The molecule has 0 atom stereocenters. The molecule has 0 unspecified atom stereocenters. The number of aryl methyl sites for hydroxylation is 1. The largest absolute Gasteiger partial charge is 0.455 e. The van der Waals surface area contributed by atoms with Crippen LogP contribution < -0.4 is 10.1 Å². The van der Waals surface area contributed by atoms with Gasteiger partial charge in [0.05, 0.1) is 16.7 Å². The van der Waals surface area contributed by atoms with E-state index in [1.165, 1.54) is 12.1 Å². The lowest BCUT2D eigenvalue weighted by atomic mass is 10.2. The van der Waals surface area contributed by atoms with Gasteiger partial charge in [0, 0.05) is 31.1 Å². The van der Waals surface area contributed by atoms with E-state index < -0.39 is 4.92 Å². The van der Waals surface area contributed by atoms with E-state index in [0.29, 0.717) is 17.2 Å². The third-order valence-corrected chi connectivity index (χ3v) is 2.58. The highest BCUT2D eigenvalue weighted by Gasteiger charge is 2.11. The number of nitrogens with zero attached hydrogens (tertiary/aromatic N) is 2. The van der Waals surface area contributed by atoms with E-state index in [2.05, 4.69) is 10.3 Å². The van der Waals surface area contributed by atoms with Crippen molar-refractivity contribution in [2.75, 3.05) is 12.4 Å². The second kappa shape index (κ2) is 5.34. The first-order valence-electron chi connectivity index (χ1n) is 5.67. The Morgan fingerprint density at radius 1 is 1.37 bits per heavy atom. The summed E-state index contributed by atoms with van der Waals surface area (Å²) in [5.74, 6) is 0.972. The van der Waals surface area contributed by atoms with Gasteiger partial charge < -0.3 is 10.1 Å². The van der Waals surface area contributed by atoms with Gasteiger partial charge in [-0.2, -0.15) is 0 Å². The van der Waals surface area contributed by atoms with Crippen molar-refractivity contribution in [3.8, 4) is 11.5 Å². The Morgan fingerprint density at radius 2 is 2.16 bits per heavy atom. The first-order valence-corrected chi connectivity index (χ1v) is 5.67. The van der Waals surface area contributed by atoms with Crippen LogP contribution in [0.2, 0.25) is 0 Å². The summed E-state index contributed by atoms with van der Waals surface area (Å²) < 4.78 is 5.64. The molecule has 0 saturated carbocycles. The van der Waals surface area contributed by atoms with Crippen LogP contribution in [0.25, 0.3) is 0 Å². The van der Waals surface area contributed by atoms with Crippen LogP contribution in [0.5, 0.6) is 11.5 Å². The van der Waals surface area contributed by atoms with Crippen LogP contribution in [0.15, 0.2) is 36.5 Å². The molecule has 19 heavy (non-hydrogen) atoms. The van der Waals surface area contributed by atoms with Crippen LogP contribution in [0.1, 0.15) is 5.69 Å². The summed E-state index contributed by atoms with van der Waals surface area (Å²) in [7, 11) is 1.69. The van der Waals surface area contributed by atoms with E-state index in [1.807, 2.05) is 6.92 Å². The molecule has 1 aromatic carbocycles. The Hall–Kier alpha value is -2.63. The summed E-state index contributed by atoms with van der Waals surface area (Å²) in [4.78, 5) is 14.5. The predicted octanol–water partition coefficient (Wildman–Crippen LogP) is 3.13. The summed E-state index contributed by atoms with van der Waals surface area (Å²) in [5.41, 5.74) is 1.31. The SMILES string of the molecule is CNc1cc(Oc2cccnc2C)cc([N+](=O)[O-])c1. The average molecular weight is 259 g/mol. The van der Waals surface area contributed by atoms with E-state index in [9.17, 15) is 10.1 Å². The van der Waals surface area contributed by atoms with E-state index in [4.69, 9.17) is 4.74 Å². The number of hydrogen-bond donors (Lipinski definition) is 1. The second-order valence-corrected chi connectivity index (χ2v) is 3.91. The quantitative estimate of drug-likeness (QED) is 0.674. The number of non-ortho nitro benzene ring substituents is 1. The molecule has 0 aliphatic heterocycles. The Labute approximate surface area is 110 Å². The Balaban J connectivity index is 2.37. The first-order chi connectivity index (χ1) is 9.10. The van der Waals surface area contributed by atoms with Crippen LogP contribution in [0, 0.1) is 17.0 Å². The van der Waals surface area contributed by atoms with Gasteiger partial charge in [-0.25, -0.2) is 0 Å². The van der Waals surface area contributed by atoms with Crippen molar-refractivity contribution in [3.05, 3.63) is 52.3 Å². The lowest BCUT2D eigenvalue weighted by molar-refractivity contribution is -0.384. The van der Waals surface area contributed by atoms with Gasteiger partial charge >= 0.3 is 0 Å². The Kier molecular flexibility index (Phi) is 3.61. The summed E-state index contributed by atoms with van der Waals surface area (Å²) >= 11 is 0. The third kappa shape index (κ3) is 2.98. The minimum absolute atomic E-state index is 0.0246. The fourth-order valence-corrected chi connectivity index (χ4v) is 1.60. The van der Waals surface area contributed by atoms with Crippen LogP contribution in [-0.4, -0.2) is 17.0 Å². The van der Waals surface area contributed by atoms with Crippen LogP contribution in [0.3, 0.4) is 0 Å². The monoisotopic (exact) mass is 259 g/mol. The molecule has 1 heterocycles. The smallest absolute Gasteiger partial charge is 0.275 e. The highest BCUT2D eigenvalue weighted by molar-refractivity contribution is 5.56. The van der Waals surface area contributed by atoms with Gasteiger partial charge in [-0.15, -0.1) is 0 Å². The summed E-state index contributed by atoms with van der Waals surface area (Å²) in [6, 6.07) is 8.04. The van der Waals surface area contributed by atoms with E-state index in [-0.39, 0.29) is 5.69 Å². The normalized spacial score (nSPS) is 10.0. The topological polar surface area (TPSA) is 77.3 Å². The number of benzene rings is 1. The molecule has 0 amide bonds. The fourth-order valence-electron chi connectivity index (χ4n) is 1.60. The van der Waals surface area contributed by atoms with Crippen molar-refractivity contribution in [1.29, 1.82) is 0 Å². The molecule has 6 heteroatoms. The maximum Gasteiger partial charge on any atom is 0.275 e.